The van der Waals surface area contributed by atoms with Gasteiger partial charge in [0.1, 0.15) is 18.5 Å². The average molecular weight is 492 g/mol. The Morgan fingerprint density at radius 2 is 1.92 bits per heavy atom. The van der Waals surface area contributed by atoms with Gasteiger partial charge in [-0.15, -0.1) is 0 Å². The van der Waals surface area contributed by atoms with Crippen LogP contribution in [0.1, 0.15) is 42.1 Å². The highest BCUT2D eigenvalue weighted by Crippen LogP contribution is 2.32. The number of nitrogens with zero attached hydrogens (tertiary/aromatic N) is 2. The number of benzene rings is 2. The van der Waals surface area contributed by atoms with Gasteiger partial charge in [0.2, 0.25) is 5.91 Å². The zero-order chi connectivity index (χ0) is 25.7. The van der Waals surface area contributed by atoms with E-state index in [9.17, 15) is 14.4 Å². The minimum atomic E-state index is -0.503. The predicted octanol–water partition coefficient (Wildman–Crippen LogP) is 3.11. The van der Waals surface area contributed by atoms with Gasteiger partial charge < -0.3 is 30.3 Å². The summed E-state index contributed by atoms with van der Waals surface area (Å²) in [6, 6.07) is 12.8. The molecule has 2 heterocycles. The van der Waals surface area contributed by atoms with Crippen LogP contribution < -0.4 is 20.7 Å². The lowest BCUT2D eigenvalue weighted by Crippen LogP contribution is -2.54. The Morgan fingerprint density at radius 1 is 1.14 bits per heavy atom. The van der Waals surface area contributed by atoms with Crippen molar-refractivity contribution in [2.24, 2.45) is 0 Å². The number of likely N-dealkylation sites (N-methyl/N-ethyl adjacent to an activating group) is 1. The molecule has 10 heteroatoms. The summed E-state index contributed by atoms with van der Waals surface area (Å²) < 4.78 is 12.1. The van der Waals surface area contributed by atoms with E-state index in [2.05, 4.69) is 16.0 Å². The molecule has 1 saturated heterocycles. The van der Waals surface area contributed by atoms with Crippen LogP contribution in [0.15, 0.2) is 42.5 Å². The summed E-state index contributed by atoms with van der Waals surface area (Å²) in [4.78, 5) is 39.5. The fourth-order valence-electron chi connectivity index (χ4n) is 4.54. The third-order valence-electron chi connectivity index (χ3n) is 6.31. The zero-order valence-corrected chi connectivity index (χ0v) is 20.2. The number of anilines is 2. The Labute approximate surface area is 209 Å². The van der Waals surface area contributed by atoms with Crippen molar-refractivity contribution in [2.45, 2.75) is 44.4 Å². The highest BCUT2D eigenvalue weighted by Gasteiger charge is 2.39. The molecule has 0 unspecified atom stereocenters. The van der Waals surface area contributed by atoms with Crippen molar-refractivity contribution in [3.63, 3.8) is 0 Å². The smallest absolute Gasteiger partial charge is 0.323 e. The maximum absolute atomic E-state index is 13.4. The molecule has 4 rings (SSSR count). The van der Waals surface area contributed by atoms with Crippen molar-refractivity contribution in [1.82, 2.24) is 10.2 Å². The van der Waals surface area contributed by atoms with Crippen LogP contribution in [0, 0.1) is 11.3 Å². The quantitative estimate of drug-likeness (QED) is 0.589. The highest BCUT2D eigenvalue weighted by atomic mass is 16.5. The fourth-order valence-corrected chi connectivity index (χ4v) is 4.54. The Morgan fingerprint density at radius 3 is 2.67 bits per heavy atom. The summed E-state index contributed by atoms with van der Waals surface area (Å²) in [5.41, 5.74) is 1.67. The lowest BCUT2D eigenvalue weighted by atomic mass is 9.94. The first-order valence-electron chi connectivity index (χ1n) is 11.9. The maximum atomic E-state index is 13.4. The third-order valence-corrected chi connectivity index (χ3v) is 6.31. The van der Waals surface area contributed by atoms with E-state index in [-0.39, 0.29) is 43.1 Å². The number of carbonyl (C=O) groups excluding carboxylic acids is 3. The molecule has 0 radical (unpaired) electrons. The van der Waals surface area contributed by atoms with Crippen molar-refractivity contribution in [2.75, 3.05) is 30.8 Å². The summed E-state index contributed by atoms with van der Waals surface area (Å²) in [6.07, 6.45) is 1.06. The Balaban J connectivity index is 1.45. The van der Waals surface area contributed by atoms with Gasteiger partial charge in [-0.3, -0.25) is 9.59 Å². The van der Waals surface area contributed by atoms with Crippen LogP contribution >= 0.6 is 0 Å². The number of nitrogens with one attached hydrogen (secondary N) is 3. The first-order chi connectivity index (χ1) is 17.4. The van der Waals surface area contributed by atoms with Crippen LogP contribution in [0.4, 0.5) is 16.2 Å². The van der Waals surface area contributed by atoms with E-state index in [4.69, 9.17) is 14.7 Å². The number of ether oxygens (including phenoxy) is 2. The van der Waals surface area contributed by atoms with Gasteiger partial charge in [-0.2, -0.15) is 5.26 Å². The molecule has 36 heavy (non-hydrogen) atoms. The Bertz CT molecular complexity index is 1190. The van der Waals surface area contributed by atoms with Crippen LogP contribution in [0.2, 0.25) is 0 Å². The molecule has 1 fully saturated rings. The fraction of sp³-hybridized carbons (Fsp3) is 0.385. The standard InChI is InChI=1S/C26H29N5O5/c1-3-28-24(32)13-19-8-9-21-23(36-19)15-35-22-10-7-18(12-20(22)25(33)31(21)2)30-26(34)29-17-6-4-5-16(11-17)14-27/h4-7,10-12,19,21,23H,3,8-9,13,15H2,1-2H3,(H,28,32)(H2,29,30,34)/t19-,21+,23-/m1/s1. The predicted molar refractivity (Wildman–Crippen MR) is 133 cm³/mol. The summed E-state index contributed by atoms with van der Waals surface area (Å²) in [6.45, 7) is 2.68. The van der Waals surface area contributed by atoms with Crippen molar-refractivity contribution in [3.05, 3.63) is 53.6 Å². The topological polar surface area (TPSA) is 133 Å². The van der Waals surface area contributed by atoms with E-state index in [1.807, 2.05) is 13.0 Å². The van der Waals surface area contributed by atoms with Crippen molar-refractivity contribution < 1.29 is 23.9 Å². The first kappa shape index (κ1) is 25.0. The molecular weight excluding hydrogens is 462 g/mol. The lowest BCUT2D eigenvalue weighted by molar-refractivity contribution is -0.133. The summed E-state index contributed by atoms with van der Waals surface area (Å²) in [7, 11) is 1.73. The number of urea groups is 1. The van der Waals surface area contributed by atoms with Gasteiger partial charge in [0.15, 0.2) is 0 Å². The first-order valence-corrected chi connectivity index (χ1v) is 11.9. The Hall–Kier alpha value is -4.10. The van der Waals surface area contributed by atoms with Crippen LogP contribution in [-0.2, 0) is 9.53 Å². The number of carbonyl (C=O) groups is 3. The largest absolute Gasteiger partial charge is 0.490 e. The molecule has 3 atom stereocenters. The molecule has 2 aromatic rings. The molecule has 0 spiro atoms. The van der Waals surface area contributed by atoms with Crippen LogP contribution in [0.5, 0.6) is 5.75 Å². The number of amides is 4. The second-order valence-electron chi connectivity index (χ2n) is 8.81. The SMILES string of the molecule is CCNC(=O)C[C@H]1CC[C@H]2[C@@H](COc3ccc(NC(=O)Nc4cccc(C#N)c4)cc3C(=O)N2C)O1. The molecule has 10 nitrogen and oxygen atoms in total. The maximum Gasteiger partial charge on any atom is 0.323 e. The van der Waals surface area contributed by atoms with Gasteiger partial charge in [0.05, 0.1) is 35.8 Å². The Kier molecular flexibility index (Phi) is 7.71. The van der Waals surface area contributed by atoms with E-state index >= 15 is 0 Å². The third kappa shape index (κ3) is 5.75. The molecule has 2 aliphatic heterocycles. The summed E-state index contributed by atoms with van der Waals surface area (Å²) in [5.74, 6) is 0.105. The molecule has 0 bridgehead atoms. The molecule has 3 N–H and O–H groups in total. The van der Waals surface area contributed by atoms with E-state index in [1.54, 1.807) is 54.4 Å². The normalized spacial score (nSPS) is 21.0. The minimum absolute atomic E-state index is 0.0516. The van der Waals surface area contributed by atoms with Crippen LogP contribution in [-0.4, -0.2) is 61.2 Å². The molecule has 2 aliphatic rings. The molecule has 188 valence electrons. The van der Waals surface area contributed by atoms with Gasteiger partial charge in [-0.25, -0.2) is 4.79 Å². The van der Waals surface area contributed by atoms with Crippen molar-refractivity contribution >= 4 is 29.2 Å². The second-order valence-corrected chi connectivity index (χ2v) is 8.81. The van der Waals surface area contributed by atoms with Crippen LogP contribution in [0.25, 0.3) is 0 Å². The zero-order valence-electron chi connectivity index (χ0n) is 20.2. The highest BCUT2D eigenvalue weighted by molar-refractivity contribution is 6.02. The number of fused-ring (bicyclic) bond motifs is 2. The average Bonchev–Trinajstić information content (AvgIpc) is 2.86. The van der Waals surface area contributed by atoms with E-state index in [0.717, 1.165) is 0 Å². The summed E-state index contributed by atoms with van der Waals surface area (Å²) in [5, 5.41) is 17.2. The molecule has 2 aromatic carbocycles. The molecule has 4 amide bonds. The molecule has 0 saturated carbocycles. The lowest BCUT2D eigenvalue weighted by Gasteiger charge is -2.42. The number of nitriles is 1. The van der Waals surface area contributed by atoms with Gasteiger partial charge in [0.25, 0.3) is 5.91 Å². The molecular formula is C26H29N5O5. The minimum Gasteiger partial charge on any atom is -0.490 e. The monoisotopic (exact) mass is 491 g/mol. The van der Waals surface area contributed by atoms with Crippen molar-refractivity contribution in [1.29, 1.82) is 5.26 Å². The van der Waals surface area contributed by atoms with Crippen molar-refractivity contribution in [3.8, 4) is 11.8 Å². The summed E-state index contributed by atoms with van der Waals surface area (Å²) >= 11 is 0. The number of hydrogen-bond donors (Lipinski definition) is 3. The number of rotatable bonds is 5. The van der Waals surface area contributed by atoms with E-state index in [0.29, 0.717) is 47.6 Å². The molecule has 0 aromatic heterocycles. The van der Waals surface area contributed by atoms with Gasteiger partial charge in [-0.05, 0) is 56.2 Å². The van der Waals surface area contributed by atoms with Gasteiger partial charge in [-0.1, -0.05) is 6.07 Å². The second kappa shape index (κ2) is 11.1. The molecule has 0 aliphatic carbocycles. The number of hydrogen-bond acceptors (Lipinski definition) is 6. The van der Waals surface area contributed by atoms with Crippen LogP contribution in [0.3, 0.4) is 0 Å². The van der Waals surface area contributed by atoms with Gasteiger partial charge >= 0.3 is 6.03 Å². The van der Waals surface area contributed by atoms with E-state index in [1.165, 1.54) is 0 Å². The van der Waals surface area contributed by atoms with Gasteiger partial charge in [0, 0.05) is 25.0 Å². The van der Waals surface area contributed by atoms with E-state index < -0.39 is 6.03 Å².